The average molecular weight is 261 g/mol. The van der Waals surface area contributed by atoms with Gasteiger partial charge in [0.05, 0.1) is 6.54 Å². The molecule has 0 spiro atoms. The van der Waals surface area contributed by atoms with E-state index in [4.69, 9.17) is 0 Å². The van der Waals surface area contributed by atoms with Crippen molar-refractivity contribution in [2.24, 2.45) is 0 Å². The standard InChI is InChI=1S/C14H19N3O2/c1-2-16-13(18)9-17-14(19)11-4-3-10-5-6-15-8-12(10)7-11/h3-4,7,15H,2,5-6,8-9H2,1H3,(H,16,18)(H,17,19). The van der Waals surface area contributed by atoms with Gasteiger partial charge in [-0.05, 0) is 43.1 Å². The highest BCUT2D eigenvalue weighted by molar-refractivity contribution is 5.96. The van der Waals surface area contributed by atoms with Crippen LogP contribution in [-0.2, 0) is 17.8 Å². The van der Waals surface area contributed by atoms with E-state index in [1.54, 1.807) is 0 Å². The van der Waals surface area contributed by atoms with Gasteiger partial charge in [0.15, 0.2) is 0 Å². The molecule has 2 rings (SSSR count). The van der Waals surface area contributed by atoms with Crippen molar-refractivity contribution in [3.05, 3.63) is 34.9 Å². The first kappa shape index (κ1) is 13.5. The smallest absolute Gasteiger partial charge is 0.251 e. The quantitative estimate of drug-likeness (QED) is 0.725. The van der Waals surface area contributed by atoms with E-state index in [0.29, 0.717) is 12.1 Å². The Morgan fingerprint density at radius 1 is 1.26 bits per heavy atom. The van der Waals surface area contributed by atoms with Crippen molar-refractivity contribution in [1.29, 1.82) is 0 Å². The van der Waals surface area contributed by atoms with Gasteiger partial charge < -0.3 is 16.0 Å². The molecule has 0 saturated heterocycles. The van der Waals surface area contributed by atoms with Crippen LogP contribution >= 0.6 is 0 Å². The van der Waals surface area contributed by atoms with Gasteiger partial charge in [0.2, 0.25) is 5.91 Å². The number of amides is 2. The topological polar surface area (TPSA) is 70.2 Å². The van der Waals surface area contributed by atoms with Gasteiger partial charge in [0.25, 0.3) is 5.91 Å². The molecule has 0 atom stereocenters. The maximum atomic E-state index is 11.9. The SMILES string of the molecule is CCNC(=O)CNC(=O)c1ccc2c(c1)CNCC2. The lowest BCUT2D eigenvalue weighted by atomic mass is 9.98. The van der Waals surface area contributed by atoms with Crippen LogP contribution in [0.2, 0.25) is 0 Å². The van der Waals surface area contributed by atoms with E-state index in [2.05, 4.69) is 16.0 Å². The van der Waals surface area contributed by atoms with E-state index in [1.165, 1.54) is 5.56 Å². The zero-order chi connectivity index (χ0) is 13.7. The Morgan fingerprint density at radius 3 is 2.89 bits per heavy atom. The van der Waals surface area contributed by atoms with E-state index < -0.39 is 0 Å². The fourth-order valence-electron chi connectivity index (χ4n) is 2.14. The second-order valence-electron chi connectivity index (χ2n) is 4.55. The van der Waals surface area contributed by atoms with Crippen LogP contribution < -0.4 is 16.0 Å². The van der Waals surface area contributed by atoms with Gasteiger partial charge in [0, 0.05) is 18.7 Å². The summed E-state index contributed by atoms with van der Waals surface area (Å²) in [6.07, 6.45) is 0.996. The lowest BCUT2D eigenvalue weighted by Gasteiger charge is -2.17. The van der Waals surface area contributed by atoms with E-state index in [9.17, 15) is 9.59 Å². The Balaban J connectivity index is 1.97. The molecule has 1 aliphatic rings. The summed E-state index contributed by atoms with van der Waals surface area (Å²) in [6, 6.07) is 5.71. The van der Waals surface area contributed by atoms with Crippen molar-refractivity contribution >= 4 is 11.8 Å². The fraction of sp³-hybridized carbons (Fsp3) is 0.429. The first-order chi connectivity index (χ1) is 9.20. The number of benzene rings is 1. The number of hydrogen-bond donors (Lipinski definition) is 3. The molecule has 5 heteroatoms. The van der Waals surface area contributed by atoms with Crippen LogP contribution in [-0.4, -0.2) is 31.4 Å². The molecule has 0 aliphatic carbocycles. The number of hydrogen-bond acceptors (Lipinski definition) is 3. The monoisotopic (exact) mass is 261 g/mol. The van der Waals surface area contributed by atoms with Crippen LogP contribution in [0.25, 0.3) is 0 Å². The number of rotatable bonds is 4. The third-order valence-electron chi connectivity index (χ3n) is 3.14. The summed E-state index contributed by atoms with van der Waals surface area (Å²) in [5.41, 5.74) is 3.06. The molecule has 0 bridgehead atoms. The molecular weight excluding hydrogens is 242 g/mol. The van der Waals surface area contributed by atoms with Crippen LogP contribution in [0.4, 0.5) is 0 Å². The maximum absolute atomic E-state index is 11.9. The molecule has 3 N–H and O–H groups in total. The number of likely N-dealkylation sites (N-methyl/N-ethyl adjacent to an activating group) is 1. The molecule has 0 saturated carbocycles. The Kier molecular flexibility index (Phi) is 4.52. The number of nitrogens with one attached hydrogen (secondary N) is 3. The Labute approximate surface area is 112 Å². The van der Waals surface area contributed by atoms with Crippen LogP contribution in [0, 0.1) is 0 Å². The van der Waals surface area contributed by atoms with Gasteiger partial charge in [-0.2, -0.15) is 0 Å². The van der Waals surface area contributed by atoms with Crippen LogP contribution in [0.5, 0.6) is 0 Å². The molecule has 0 radical (unpaired) electrons. The molecule has 0 fully saturated rings. The summed E-state index contributed by atoms with van der Waals surface area (Å²) in [6.45, 7) is 4.21. The predicted octanol–water partition coefficient (Wildman–Crippen LogP) is 0.198. The van der Waals surface area contributed by atoms with Crippen molar-refractivity contribution in [2.75, 3.05) is 19.6 Å². The number of carbonyl (C=O) groups is 2. The maximum Gasteiger partial charge on any atom is 0.251 e. The summed E-state index contributed by atoms with van der Waals surface area (Å²) in [5.74, 6) is -0.380. The Hall–Kier alpha value is -1.88. The third kappa shape index (κ3) is 3.54. The summed E-state index contributed by atoms with van der Waals surface area (Å²) in [7, 11) is 0. The molecule has 0 aromatic heterocycles. The molecule has 5 nitrogen and oxygen atoms in total. The van der Waals surface area contributed by atoms with Gasteiger partial charge in [-0.15, -0.1) is 0 Å². The summed E-state index contributed by atoms with van der Waals surface area (Å²) < 4.78 is 0. The Bertz CT molecular complexity index is 486. The minimum Gasteiger partial charge on any atom is -0.355 e. The number of carbonyl (C=O) groups excluding carboxylic acids is 2. The molecule has 0 unspecified atom stereocenters. The average Bonchev–Trinajstić information content (AvgIpc) is 2.44. The molecule has 1 aromatic rings. The second-order valence-corrected chi connectivity index (χ2v) is 4.55. The molecule has 1 aliphatic heterocycles. The van der Waals surface area contributed by atoms with Crippen molar-refractivity contribution in [1.82, 2.24) is 16.0 Å². The zero-order valence-corrected chi connectivity index (χ0v) is 11.1. The minimum atomic E-state index is -0.209. The highest BCUT2D eigenvalue weighted by atomic mass is 16.2. The van der Waals surface area contributed by atoms with E-state index >= 15 is 0 Å². The molecular formula is C14H19N3O2. The molecule has 19 heavy (non-hydrogen) atoms. The lowest BCUT2D eigenvalue weighted by molar-refractivity contribution is -0.120. The van der Waals surface area contributed by atoms with E-state index in [1.807, 2.05) is 25.1 Å². The van der Waals surface area contributed by atoms with Gasteiger partial charge in [-0.3, -0.25) is 9.59 Å². The van der Waals surface area contributed by atoms with Gasteiger partial charge in [-0.25, -0.2) is 0 Å². The van der Waals surface area contributed by atoms with Crippen LogP contribution in [0.3, 0.4) is 0 Å². The molecule has 2 amide bonds. The first-order valence-corrected chi connectivity index (χ1v) is 6.58. The van der Waals surface area contributed by atoms with Crippen LogP contribution in [0.15, 0.2) is 18.2 Å². The second kappa shape index (κ2) is 6.33. The van der Waals surface area contributed by atoms with Gasteiger partial charge in [-0.1, -0.05) is 6.07 Å². The van der Waals surface area contributed by atoms with E-state index in [0.717, 1.165) is 25.1 Å². The van der Waals surface area contributed by atoms with Crippen molar-refractivity contribution in [3.8, 4) is 0 Å². The summed E-state index contributed by atoms with van der Waals surface area (Å²) >= 11 is 0. The van der Waals surface area contributed by atoms with Crippen LogP contribution in [0.1, 0.15) is 28.4 Å². The first-order valence-electron chi connectivity index (χ1n) is 6.58. The normalized spacial score (nSPS) is 13.5. The zero-order valence-electron chi connectivity index (χ0n) is 11.1. The lowest BCUT2D eigenvalue weighted by Crippen LogP contribution is -2.36. The molecule has 1 heterocycles. The van der Waals surface area contributed by atoms with Gasteiger partial charge in [0.1, 0.15) is 0 Å². The minimum absolute atomic E-state index is 0.0159. The third-order valence-corrected chi connectivity index (χ3v) is 3.14. The molecule has 102 valence electrons. The Morgan fingerprint density at radius 2 is 2.11 bits per heavy atom. The fourth-order valence-corrected chi connectivity index (χ4v) is 2.14. The highest BCUT2D eigenvalue weighted by Gasteiger charge is 2.12. The van der Waals surface area contributed by atoms with Crippen molar-refractivity contribution in [3.63, 3.8) is 0 Å². The predicted molar refractivity (Wildman–Crippen MR) is 72.9 cm³/mol. The van der Waals surface area contributed by atoms with Gasteiger partial charge >= 0.3 is 0 Å². The van der Waals surface area contributed by atoms with Crippen molar-refractivity contribution < 1.29 is 9.59 Å². The largest absolute Gasteiger partial charge is 0.355 e. The molecule has 1 aromatic carbocycles. The summed E-state index contributed by atoms with van der Waals surface area (Å²) in [5, 5.41) is 8.54. The van der Waals surface area contributed by atoms with E-state index in [-0.39, 0.29) is 18.4 Å². The highest BCUT2D eigenvalue weighted by Crippen LogP contribution is 2.15. The number of fused-ring (bicyclic) bond motifs is 1. The van der Waals surface area contributed by atoms with Crippen molar-refractivity contribution in [2.45, 2.75) is 19.9 Å². The summed E-state index contributed by atoms with van der Waals surface area (Å²) in [4.78, 5) is 23.2.